The van der Waals surface area contributed by atoms with E-state index in [9.17, 15) is 40.9 Å². The van der Waals surface area contributed by atoms with Crippen LogP contribution in [0.1, 0.15) is 46.3 Å². The first-order valence-corrected chi connectivity index (χ1v) is 14.9. The molecule has 0 bridgehead atoms. The fourth-order valence-electron chi connectivity index (χ4n) is 6.03. The van der Waals surface area contributed by atoms with E-state index in [-0.39, 0.29) is 29.6 Å². The lowest BCUT2D eigenvalue weighted by molar-refractivity contribution is -0.277. The number of aliphatic hydroxyl groups excluding tert-OH is 7. The van der Waals surface area contributed by atoms with Gasteiger partial charge in [-0.2, -0.15) is 0 Å². The van der Waals surface area contributed by atoms with E-state index in [0.717, 1.165) is 0 Å². The highest BCUT2D eigenvalue weighted by Gasteiger charge is 2.45. The van der Waals surface area contributed by atoms with Crippen LogP contribution in [0.5, 0.6) is 34.5 Å². The van der Waals surface area contributed by atoms with Gasteiger partial charge in [-0.1, -0.05) is 12.1 Å². The van der Waals surface area contributed by atoms with Crippen molar-refractivity contribution < 1.29 is 69.3 Å². The fourth-order valence-corrected chi connectivity index (χ4v) is 6.03. The molecule has 5 rings (SSSR count). The monoisotopic (exact) mass is 660 g/mol. The highest BCUT2D eigenvalue weighted by atomic mass is 16.7. The maximum Gasteiger partial charge on any atom is 0.229 e. The van der Waals surface area contributed by atoms with Crippen LogP contribution < -0.4 is 23.7 Å². The van der Waals surface area contributed by atoms with Crippen molar-refractivity contribution in [3.8, 4) is 34.5 Å². The van der Waals surface area contributed by atoms with E-state index in [4.69, 9.17) is 28.4 Å². The van der Waals surface area contributed by atoms with Crippen molar-refractivity contribution in [1.29, 1.82) is 0 Å². The molecule has 0 spiro atoms. The van der Waals surface area contributed by atoms with Crippen molar-refractivity contribution in [2.24, 2.45) is 0 Å². The minimum absolute atomic E-state index is 0.0827. The fraction of sp³-hybridized carbons (Fsp3) is 0.455. The average molecular weight is 661 g/mol. The molecule has 8 N–H and O–H groups in total. The number of aromatic hydroxyl groups is 1. The third-order valence-electron chi connectivity index (χ3n) is 8.69. The summed E-state index contributed by atoms with van der Waals surface area (Å²) in [6, 6.07) is 12.6. The van der Waals surface area contributed by atoms with Crippen molar-refractivity contribution in [3.63, 3.8) is 0 Å². The molecule has 2 aliphatic rings. The lowest BCUT2D eigenvalue weighted by Gasteiger charge is -2.39. The van der Waals surface area contributed by atoms with E-state index in [2.05, 4.69) is 0 Å². The van der Waals surface area contributed by atoms with E-state index >= 15 is 0 Å². The number of hydrogen-bond acceptors (Lipinski definition) is 14. The molecule has 0 aliphatic carbocycles. The standard InChI is InChI=1S/C33H40O14/c1-42-23-9-15(4-6-21(23)37)19(12-34)27(38)17-8-18-20(13-35)31(47-32(18)25(11-17)44-3)16-5-7-22(24(10-16)43-2)45-33-30(41)29(40)28(39)26(14-36)46-33/h4-11,19-20,26-31,33-41H,12-14H2,1-3H3/t19-,20+,26+,27-,28+,29-,30+,31-,33+/m0/s1. The molecule has 0 aromatic heterocycles. The normalized spacial score (nSPS) is 26.6. The van der Waals surface area contributed by atoms with Gasteiger partial charge in [-0.15, -0.1) is 0 Å². The Bertz CT molecular complexity index is 1530. The van der Waals surface area contributed by atoms with Crippen molar-refractivity contribution in [2.75, 3.05) is 41.2 Å². The molecule has 9 atom stereocenters. The molecular formula is C33H40O14. The lowest BCUT2D eigenvalue weighted by Crippen LogP contribution is -2.60. The summed E-state index contributed by atoms with van der Waals surface area (Å²) in [6.45, 7) is -1.38. The van der Waals surface area contributed by atoms with Crippen molar-refractivity contribution >= 4 is 0 Å². The Morgan fingerprint density at radius 1 is 0.745 bits per heavy atom. The minimum atomic E-state index is -1.62. The summed E-state index contributed by atoms with van der Waals surface area (Å²) >= 11 is 0. The number of fused-ring (bicyclic) bond motifs is 1. The van der Waals surface area contributed by atoms with Gasteiger partial charge in [-0.25, -0.2) is 0 Å². The summed E-state index contributed by atoms with van der Waals surface area (Å²) in [4.78, 5) is 0. The highest BCUT2D eigenvalue weighted by Crippen LogP contribution is 2.52. The molecule has 0 unspecified atom stereocenters. The summed E-state index contributed by atoms with van der Waals surface area (Å²) in [5.41, 5.74) is 2.06. The second-order valence-electron chi connectivity index (χ2n) is 11.4. The SMILES string of the molecule is COc1cc([C@H](CO)[C@@H](O)c2cc(OC)c3c(c2)[C@@H](CO)[C@H](c2ccc(O[C@@H]4O[C@H](CO)[C@@H](O)[C@H](O)[C@H]4O)c(OC)c2)O3)ccc1O. The van der Waals surface area contributed by atoms with Gasteiger partial charge in [0.05, 0.1) is 53.2 Å². The molecule has 14 nitrogen and oxygen atoms in total. The molecule has 0 amide bonds. The van der Waals surface area contributed by atoms with Gasteiger partial charge < -0.3 is 69.3 Å². The van der Waals surface area contributed by atoms with Crippen LogP contribution in [-0.4, -0.2) is 113 Å². The van der Waals surface area contributed by atoms with E-state index in [1.54, 1.807) is 30.3 Å². The van der Waals surface area contributed by atoms with Crippen LogP contribution in [0.15, 0.2) is 48.5 Å². The van der Waals surface area contributed by atoms with Crippen LogP contribution in [0.4, 0.5) is 0 Å². The summed E-state index contributed by atoms with van der Waals surface area (Å²) in [7, 11) is 4.24. The number of rotatable bonds is 12. The number of benzene rings is 3. The van der Waals surface area contributed by atoms with Crippen LogP contribution in [0, 0.1) is 0 Å². The van der Waals surface area contributed by atoms with E-state index in [1.165, 1.54) is 39.5 Å². The zero-order chi connectivity index (χ0) is 34.0. The summed E-state index contributed by atoms with van der Waals surface area (Å²) in [5, 5.41) is 82.4. The minimum Gasteiger partial charge on any atom is -0.504 e. The van der Waals surface area contributed by atoms with Crippen LogP contribution in [-0.2, 0) is 4.74 Å². The van der Waals surface area contributed by atoms with Crippen molar-refractivity contribution in [3.05, 3.63) is 70.8 Å². The van der Waals surface area contributed by atoms with Crippen LogP contribution in [0.2, 0.25) is 0 Å². The number of hydrogen-bond donors (Lipinski definition) is 8. The highest BCUT2D eigenvalue weighted by molar-refractivity contribution is 5.57. The second-order valence-corrected chi connectivity index (χ2v) is 11.4. The van der Waals surface area contributed by atoms with Crippen molar-refractivity contribution in [2.45, 2.75) is 54.7 Å². The molecule has 3 aromatic rings. The second kappa shape index (κ2) is 14.5. The molecule has 0 saturated carbocycles. The maximum atomic E-state index is 11.5. The number of ether oxygens (including phenoxy) is 6. The molecule has 1 saturated heterocycles. The number of aliphatic hydroxyl groups is 7. The summed E-state index contributed by atoms with van der Waals surface area (Å²) in [6.07, 6.45) is -9.33. The predicted octanol–water partition coefficient (Wildman–Crippen LogP) is 0.616. The Kier molecular flexibility index (Phi) is 10.6. The first kappa shape index (κ1) is 34.5. The topological polar surface area (TPSA) is 217 Å². The summed E-state index contributed by atoms with van der Waals surface area (Å²) in [5.74, 6) is -0.314. The molecule has 3 aromatic carbocycles. The third kappa shape index (κ3) is 6.51. The van der Waals surface area contributed by atoms with Gasteiger partial charge in [-0.05, 0) is 53.1 Å². The predicted molar refractivity (Wildman–Crippen MR) is 163 cm³/mol. The molecule has 47 heavy (non-hydrogen) atoms. The van der Waals surface area contributed by atoms with Gasteiger partial charge in [0, 0.05) is 11.5 Å². The molecular weight excluding hydrogens is 620 g/mol. The van der Waals surface area contributed by atoms with Gasteiger partial charge in [0.25, 0.3) is 0 Å². The molecule has 2 aliphatic heterocycles. The van der Waals surface area contributed by atoms with Gasteiger partial charge in [0.2, 0.25) is 6.29 Å². The molecule has 0 radical (unpaired) electrons. The van der Waals surface area contributed by atoms with Gasteiger partial charge >= 0.3 is 0 Å². The average Bonchev–Trinajstić information content (AvgIpc) is 3.47. The van der Waals surface area contributed by atoms with Gasteiger partial charge in [-0.3, -0.25) is 0 Å². The molecule has 256 valence electrons. The molecule has 14 heteroatoms. The zero-order valence-corrected chi connectivity index (χ0v) is 26.0. The smallest absolute Gasteiger partial charge is 0.229 e. The Labute approximate surface area is 270 Å². The van der Waals surface area contributed by atoms with Gasteiger partial charge in [0.15, 0.2) is 34.5 Å². The Hall–Kier alpha value is -3.86. The van der Waals surface area contributed by atoms with E-state index in [1.807, 2.05) is 0 Å². The Morgan fingerprint density at radius 3 is 2.09 bits per heavy atom. The van der Waals surface area contributed by atoms with E-state index < -0.39 is 68.0 Å². The first-order chi connectivity index (χ1) is 22.6. The van der Waals surface area contributed by atoms with Crippen LogP contribution in [0.25, 0.3) is 0 Å². The Balaban J connectivity index is 1.43. The number of phenols is 1. The quantitative estimate of drug-likeness (QED) is 0.134. The zero-order valence-electron chi connectivity index (χ0n) is 26.0. The largest absolute Gasteiger partial charge is 0.504 e. The van der Waals surface area contributed by atoms with Crippen LogP contribution in [0.3, 0.4) is 0 Å². The maximum absolute atomic E-state index is 11.5. The van der Waals surface area contributed by atoms with E-state index in [0.29, 0.717) is 33.8 Å². The molecule has 1 fully saturated rings. The first-order valence-electron chi connectivity index (χ1n) is 14.9. The molecule has 2 heterocycles. The number of phenolic OH excluding ortho intramolecular Hbond substituents is 1. The number of methoxy groups -OCH3 is 3. The van der Waals surface area contributed by atoms with Crippen molar-refractivity contribution in [1.82, 2.24) is 0 Å². The summed E-state index contributed by atoms with van der Waals surface area (Å²) < 4.78 is 33.9. The van der Waals surface area contributed by atoms with Gasteiger partial charge in [0.1, 0.15) is 30.5 Å². The lowest BCUT2D eigenvalue weighted by atomic mass is 9.86. The Morgan fingerprint density at radius 2 is 1.45 bits per heavy atom. The third-order valence-corrected chi connectivity index (χ3v) is 8.69. The van der Waals surface area contributed by atoms with Crippen LogP contribution >= 0.6 is 0 Å².